The summed E-state index contributed by atoms with van der Waals surface area (Å²) in [6.45, 7) is 1.14. The summed E-state index contributed by atoms with van der Waals surface area (Å²) in [6, 6.07) is 7.41. The molecular weight excluding hydrogens is 339 g/mol. The van der Waals surface area contributed by atoms with Crippen molar-refractivity contribution in [2.45, 2.75) is 25.8 Å². The fourth-order valence-corrected chi connectivity index (χ4v) is 3.83. The van der Waals surface area contributed by atoms with Crippen LogP contribution in [0.2, 0.25) is 5.02 Å². The van der Waals surface area contributed by atoms with Crippen LogP contribution >= 0.6 is 35.3 Å². The number of amides is 1. The minimum Gasteiger partial charge on any atom is -0.326 e. The van der Waals surface area contributed by atoms with Crippen molar-refractivity contribution >= 4 is 46.9 Å². The molecule has 6 heteroatoms. The normalized spacial score (nSPS) is 14.0. The number of aryl methyl sites for hydroxylation is 1. The predicted octanol–water partition coefficient (Wildman–Crippen LogP) is 4.27. The average molecular weight is 357 g/mol. The molecule has 0 unspecified atom stereocenters. The summed E-state index contributed by atoms with van der Waals surface area (Å²) in [7, 11) is 0. The number of rotatable bonds is 2. The molecule has 0 bridgehead atoms. The number of thiophene rings is 1. The maximum absolute atomic E-state index is 12.8. The number of halogens is 2. The Morgan fingerprint density at radius 2 is 2.14 bits per heavy atom. The van der Waals surface area contributed by atoms with Gasteiger partial charge < -0.3 is 10.6 Å². The standard InChI is InChI=1S/C16H17ClN2OS.ClH/c17-13-9-11(4-5-12(13)10-18)16(20)19-7-2-1-3-15-14(19)6-8-21-15;/h4-6,8-9H,1-3,7,10,18H2;1H. The Bertz CT molecular complexity index is 672. The lowest BCUT2D eigenvalue weighted by Gasteiger charge is -2.21. The van der Waals surface area contributed by atoms with Crippen LogP contribution in [-0.4, -0.2) is 12.5 Å². The molecule has 0 saturated carbocycles. The van der Waals surface area contributed by atoms with E-state index in [2.05, 4.69) is 5.38 Å². The minimum atomic E-state index is 0. The third kappa shape index (κ3) is 3.30. The summed E-state index contributed by atoms with van der Waals surface area (Å²) >= 11 is 7.90. The van der Waals surface area contributed by atoms with Gasteiger partial charge in [0.15, 0.2) is 0 Å². The predicted molar refractivity (Wildman–Crippen MR) is 95.5 cm³/mol. The van der Waals surface area contributed by atoms with Gasteiger partial charge in [-0.15, -0.1) is 23.7 Å². The van der Waals surface area contributed by atoms with E-state index in [0.717, 1.165) is 37.1 Å². The maximum atomic E-state index is 12.8. The van der Waals surface area contributed by atoms with Crippen LogP contribution in [0, 0.1) is 0 Å². The second-order valence-electron chi connectivity index (χ2n) is 5.15. The summed E-state index contributed by atoms with van der Waals surface area (Å²) in [6.07, 6.45) is 3.22. The van der Waals surface area contributed by atoms with E-state index in [9.17, 15) is 4.79 Å². The summed E-state index contributed by atoms with van der Waals surface area (Å²) in [5.41, 5.74) is 8.15. The largest absolute Gasteiger partial charge is 0.326 e. The van der Waals surface area contributed by atoms with E-state index >= 15 is 0 Å². The van der Waals surface area contributed by atoms with Crippen molar-refractivity contribution in [1.82, 2.24) is 0 Å². The van der Waals surface area contributed by atoms with Gasteiger partial charge in [-0.3, -0.25) is 4.79 Å². The number of fused-ring (bicyclic) bond motifs is 1. The average Bonchev–Trinajstić information content (AvgIpc) is 2.86. The van der Waals surface area contributed by atoms with Crippen molar-refractivity contribution in [1.29, 1.82) is 0 Å². The van der Waals surface area contributed by atoms with E-state index in [1.54, 1.807) is 17.4 Å². The molecule has 0 fully saturated rings. The van der Waals surface area contributed by atoms with Crippen LogP contribution in [0.4, 0.5) is 5.69 Å². The molecule has 118 valence electrons. The number of hydrogen-bond acceptors (Lipinski definition) is 3. The fourth-order valence-electron chi connectivity index (χ4n) is 2.65. The van der Waals surface area contributed by atoms with Gasteiger partial charge in [0, 0.05) is 28.6 Å². The molecular formula is C16H18Cl2N2OS. The van der Waals surface area contributed by atoms with Crippen LogP contribution in [0.1, 0.15) is 33.6 Å². The Labute approximate surface area is 145 Å². The van der Waals surface area contributed by atoms with Gasteiger partial charge in [0.1, 0.15) is 0 Å². The molecule has 1 aliphatic rings. The SMILES string of the molecule is Cl.NCc1ccc(C(=O)N2CCCCc3sccc32)cc1Cl. The summed E-state index contributed by atoms with van der Waals surface area (Å²) < 4.78 is 0. The molecule has 1 aliphatic heterocycles. The molecule has 1 aromatic carbocycles. The highest BCUT2D eigenvalue weighted by Crippen LogP contribution is 2.32. The first kappa shape index (κ1) is 17.3. The fraction of sp³-hybridized carbons (Fsp3) is 0.312. The van der Waals surface area contributed by atoms with Crippen molar-refractivity contribution in [3.8, 4) is 0 Å². The number of nitrogens with zero attached hydrogens (tertiary/aromatic N) is 1. The maximum Gasteiger partial charge on any atom is 0.258 e. The van der Waals surface area contributed by atoms with Crippen LogP contribution in [0.3, 0.4) is 0 Å². The van der Waals surface area contributed by atoms with Crippen molar-refractivity contribution < 1.29 is 4.79 Å². The van der Waals surface area contributed by atoms with Gasteiger partial charge in [-0.05, 0) is 48.4 Å². The zero-order valence-electron chi connectivity index (χ0n) is 12.0. The van der Waals surface area contributed by atoms with Crippen molar-refractivity contribution in [3.05, 3.63) is 50.7 Å². The topological polar surface area (TPSA) is 46.3 Å². The third-order valence-electron chi connectivity index (χ3n) is 3.81. The van der Waals surface area contributed by atoms with Crippen LogP contribution in [0.25, 0.3) is 0 Å². The van der Waals surface area contributed by atoms with Gasteiger partial charge in [0.05, 0.1) is 5.69 Å². The van der Waals surface area contributed by atoms with E-state index in [1.165, 1.54) is 4.88 Å². The van der Waals surface area contributed by atoms with Crippen LogP contribution in [-0.2, 0) is 13.0 Å². The highest BCUT2D eigenvalue weighted by Gasteiger charge is 2.23. The van der Waals surface area contributed by atoms with E-state index in [-0.39, 0.29) is 18.3 Å². The molecule has 2 aromatic rings. The lowest BCUT2D eigenvalue weighted by molar-refractivity contribution is 0.0987. The Hall–Kier alpha value is -1.07. The van der Waals surface area contributed by atoms with Crippen LogP contribution in [0.15, 0.2) is 29.6 Å². The Morgan fingerprint density at radius 1 is 1.32 bits per heavy atom. The molecule has 0 atom stereocenters. The lowest BCUT2D eigenvalue weighted by Crippen LogP contribution is -2.31. The zero-order chi connectivity index (χ0) is 14.8. The monoisotopic (exact) mass is 356 g/mol. The highest BCUT2D eigenvalue weighted by atomic mass is 35.5. The molecule has 0 aliphatic carbocycles. The number of benzene rings is 1. The highest BCUT2D eigenvalue weighted by molar-refractivity contribution is 7.10. The first-order chi connectivity index (χ1) is 10.2. The first-order valence-corrected chi connectivity index (χ1v) is 8.33. The molecule has 0 saturated heterocycles. The Morgan fingerprint density at radius 3 is 2.86 bits per heavy atom. The molecule has 3 nitrogen and oxygen atoms in total. The zero-order valence-corrected chi connectivity index (χ0v) is 14.4. The Kier molecular flexibility index (Phi) is 5.87. The van der Waals surface area contributed by atoms with Crippen LogP contribution < -0.4 is 10.6 Å². The van der Waals surface area contributed by atoms with Gasteiger partial charge in [-0.1, -0.05) is 17.7 Å². The second kappa shape index (κ2) is 7.47. The molecule has 0 spiro atoms. The third-order valence-corrected chi connectivity index (χ3v) is 5.14. The summed E-state index contributed by atoms with van der Waals surface area (Å²) in [5, 5.41) is 2.62. The lowest BCUT2D eigenvalue weighted by atomic mass is 10.1. The number of anilines is 1. The molecule has 1 aromatic heterocycles. The van der Waals surface area contributed by atoms with Crippen molar-refractivity contribution in [3.63, 3.8) is 0 Å². The molecule has 2 heterocycles. The molecule has 2 N–H and O–H groups in total. The molecule has 0 radical (unpaired) electrons. The van der Waals surface area contributed by atoms with Crippen molar-refractivity contribution in [2.24, 2.45) is 5.73 Å². The minimum absolute atomic E-state index is 0. The van der Waals surface area contributed by atoms with Gasteiger partial charge >= 0.3 is 0 Å². The van der Waals surface area contributed by atoms with Gasteiger partial charge in [-0.2, -0.15) is 0 Å². The van der Waals surface area contributed by atoms with Gasteiger partial charge in [0.2, 0.25) is 0 Å². The second-order valence-corrected chi connectivity index (χ2v) is 6.56. The van der Waals surface area contributed by atoms with Crippen LogP contribution in [0.5, 0.6) is 0 Å². The number of hydrogen-bond donors (Lipinski definition) is 1. The summed E-state index contributed by atoms with van der Waals surface area (Å²) in [4.78, 5) is 16.0. The number of nitrogens with two attached hydrogens (primary N) is 1. The van der Waals surface area contributed by atoms with E-state index in [0.29, 0.717) is 17.1 Å². The van der Waals surface area contributed by atoms with E-state index < -0.39 is 0 Å². The van der Waals surface area contributed by atoms with Gasteiger partial charge in [0.25, 0.3) is 5.91 Å². The van der Waals surface area contributed by atoms with Gasteiger partial charge in [-0.25, -0.2) is 0 Å². The number of carbonyl (C=O) groups is 1. The molecule has 1 amide bonds. The van der Waals surface area contributed by atoms with E-state index in [1.807, 2.05) is 23.1 Å². The number of carbonyl (C=O) groups excluding carboxylic acids is 1. The quantitative estimate of drug-likeness (QED) is 0.873. The van der Waals surface area contributed by atoms with Crippen molar-refractivity contribution in [2.75, 3.05) is 11.4 Å². The van der Waals surface area contributed by atoms with E-state index in [4.69, 9.17) is 17.3 Å². The molecule has 22 heavy (non-hydrogen) atoms. The first-order valence-electron chi connectivity index (χ1n) is 7.07. The smallest absolute Gasteiger partial charge is 0.258 e. The molecule has 3 rings (SSSR count). The summed E-state index contributed by atoms with van der Waals surface area (Å²) in [5.74, 6) is 0.0158. The Balaban J connectivity index is 0.00000176.